The molecule has 5 nitrogen and oxygen atoms in total. The Morgan fingerprint density at radius 3 is 2.96 bits per heavy atom. The molecule has 1 amide bonds. The van der Waals surface area contributed by atoms with Gasteiger partial charge in [0.2, 0.25) is 0 Å². The number of pyridine rings is 1. The molecule has 0 radical (unpaired) electrons. The van der Waals surface area contributed by atoms with Crippen molar-refractivity contribution in [2.75, 3.05) is 5.75 Å². The number of aryl methyl sites for hydroxylation is 3. The Balaban J connectivity index is 1.72. The van der Waals surface area contributed by atoms with Crippen LogP contribution in [0.2, 0.25) is 0 Å². The summed E-state index contributed by atoms with van der Waals surface area (Å²) in [7, 11) is 1.86. The van der Waals surface area contributed by atoms with Crippen LogP contribution in [0.3, 0.4) is 0 Å². The van der Waals surface area contributed by atoms with Gasteiger partial charge in [-0.05, 0) is 38.0 Å². The maximum atomic E-state index is 13.1. The van der Waals surface area contributed by atoms with Crippen LogP contribution in [0.5, 0.6) is 0 Å². The van der Waals surface area contributed by atoms with Crippen LogP contribution in [0.25, 0.3) is 11.0 Å². The highest BCUT2D eigenvalue weighted by Gasteiger charge is 2.24. The maximum absolute atomic E-state index is 13.1. The highest BCUT2D eigenvalue weighted by Crippen LogP contribution is 2.36. The topological polar surface area (TPSA) is 59.8 Å². The van der Waals surface area contributed by atoms with Gasteiger partial charge in [-0.2, -0.15) is 5.10 Å². The third-order valence-corrected chi connectivity index (χ3v) is 5.73. The second-order valence-electron chi connectivity index (χ2n) is 6.42. The Morgan fingerprint density at radius 2 is 2.12 bits per heavy atom. The standard InChI is InChI=1S/C19H20N4OS/c1-11-10-14(17-12(2)22-23(3)18(17)20-11)19(24)21-15-8-9-25-16-7-5-4-6-13(15)16/h4-7,10,15H,8-9H2,1-3H3,(H,21,24). The fourth-order valence-corrected chi connectivity index (χ4v) is 4.60. The molecule has 25 heavy (non-hydrogen) atoms. The molecule has 3 aromatic rings. The van der Waals surface area contributed by atoms with Crippen molar-refractivity contribution in [3.05, 3.63) is 52.8 Å². The number of rotatable bonds is 2. The lowest BCUT2D eigenvalue weighted by Gasteiger charge is -2.26. The molecule has 3 heterocycles. The second kappa shape index (κ2) is 6.19. The van der Waals surface area contributed by atoms with E-state index in [1.165, 1.54) is 10.5 Å². The molecule has 1 atom stereocenters. The number of nitrogens with one attached hydrogen (secondary N) is 1. The Hall–Kier alpha value is -2.34. The number of aromatic nitrogens is 3. The fraction of sp³-hybridized carbons (Fsp3) is 0.316. The van der Waals surface area contributed by atoms with Crippen molar-refractivity contribution in [2.24, 2.45) is 7.05 Å². The zero-order valence-corrected chi connectivity index (χ0v) is 15.4. The molecule has 0 fully saturated rings. The molecule has 0 saturated heterocycles. The summed E-state index contributed by atoms with van der Waals surface area (Å²) in [6.45, 7) is 3.83. The first-order chi connectivity index (χ1) is 12.0. The lowest BCUT2D eigenvalue weighted by Crippen LogP contribution is -2.31. The lowest BCUT2D eigenvalue weighted by atomic mass is 10.0. The molecule has 2 aromatic heterocycles. The minimum Gasteiger partial charge on any atom is -0.345 e. The van der Waals surface area contributed by atoms with E-state index >= 15 is 0 Å². The van der Waals surface area contributed by atoms with Gasteiger partial charge in [0.15, 0.2) is 5.65 Å². The van der Waals surface area contributed by atoms with Crippen LogP contribution in [0, 0.1) is 13.8 Å². The molecule has 4 rings (SSSR count). The summed E-state index contributed by atoms with van der Waals surface area (Å²) in [6.07, 6.45) is 0.937. The number of hydrogen-bond acceptors (Lipinski definition) is 4. The van der Waals surface area contributed by atoms with E-state index in [2.05, 4.69) is 27.5 Å². The van der Waals surface area contributed by atoms with Gasteiger partial charge >= 0.3 is 0 Å². The molecule has 1 unspecified atom stereocenters. The van der Waals surface area contributed by atoms with E-state index in [9.17, 15) is 4.79 Å². The minimum atomic E-state index is -0.0571. The molecule has 0 aliphatic carbocycles. The second-order valence-corrected chi connectivity index (χ2v) is 7.56. The summed E-state index contributed by atoms with van der Waals surface area (Å²) in [5, 5.41) is 8.50. The van der Waals surface area contributed by atoms with Gasteiger partial charge in [-0.1, -0.05) is 18.2 Å². The van der Waals surface area contributed by atoms with Crippen LogP contribution in [0.4, 0.5) is 0 Å². The Kier molecular flexibility index (Phi) is 4.00. The van der Waals surface area contributed by atoms with E-state index in [1.54, 1.807) is 4.68 Å². The van der Waals surface area contributed by atoms with Crippen molar-refractivity contribution in [3.8, 4) is 0 Å². The third kappa shape index (κ3) is 2.80. The molecule has 1 N–H and O–H groups in total. The van der Waals surface area contributed by atoms with Crippen LogP contribution in [-0.4, -0.2) is 26.4 Å². The van der Waals surface area contributed by atoms with E-state index < -0.39 is 0 Å². The molecule has 0 spiro atoms. The van der Waals surface area contributed by atoms with Gasteiger partial charge in [-0.3, -0.25) is 9.48 Å². The van der Waals surface area contributed by atoms with Crippen molar-refractivity contribution in [1.82, 2.24) is 20.1 Å². The number of fused-ring (bicyclic) bond motifs is 2. The van der Waals surface area contributed by atoms with E-state index in [-0.39, 0.29) is 11.9 Å². The number of carbonyl (C=O) groups is 1. The summed E-state index contributed by atoms with van der Waals surface area (Å²) in [6, 6.07) is 10.2. The van der Waals surface area contributed by atoms with E-state index in [0.717, 1.165) is 34.6 Å². The minimum absolute atomic E-state index is 0.0467. The van der Waals surface area contributed by atoms with Crippen molar-refractivity contribution in [2.45, 2.75) is 31.2 Å². The van der Waals surface area contributed by atoms with Gasteiger partial charge in [-0.15, -0.1) is 11.8 Å². The Bertz CT molecular complexity index is 979. The van der Waals surface area contributed by atoms with Gasteiger partial charge < -0.3 is 5.32 Å². The van der Waals surface area contributed by atoms with E-state index in [1.807, 2.05) is 50.9 Å². The third-order valence-electron chi connectivity index (χ3n) is 4.61. The smallest absolute Gasteiger partial charge is 0.252 e. The predicted octanol–water partition coefficient (Wildman–Crippen LogP) is 3.55. The van der Waals surface area contributed by atoms with Gasteiger partial charge in [-0.25, -0.2) is 4.98 Å². The van der Waals surface area contributed by atoms with Crippen molar-refractivity contribution >= 4 is 28.7 Å². The van der Waals surface area contributed by atoms with Crippen LogP contribution in [0.1, 0.15) is 39.8 Å². The molecule has 128 valence electrons. The SMILES string of the molecule is Cc1cc(C(=O)NC2CCSc3ccccc32)c2c(C)nn(C)c2n1. The molecular weight excluding hydrogens is 332 g/mol. The van der Waals surface area contributed by atoms with Crippen LogP contribution >= 0.6 is 11.8 Å². The van der Waals surface area contributed by atoms with Crippen molar-refractivity contribution < 1.29 is 4.79 Å². The van der Waals surface area contributed by atoms with Crippen LogP contribution in [-0.2, 0) is 7.05 Å². The van der Waals surface area contributed by atoms with Crippen molar-refractivity contribution in [1.29, 1.82) is 0 Å². The Labute approximate surface area is 150 Å². The van der Waals surface area contributed by atoms with Crippen LogP contribution < -0.4 is 5.32 Å². The molecular formula is C19H20N4OS. The number of nitrogens with zero attached hydrogens (tertiary/aromatic N) is 3. The average molecular weight is 352 g/mol. The van der Waals surface area contributed by atoms with Crippen LogP contribution in [0.15, 0.2) is 35.2 Å². The summed E-state index contributed by atoms with van der Waals surface area (Å²) < 4.78 is 1.74. The average Bonchev–Trinajstić information content (AvgIpc) is 2.88. The predicted molar refractivity (Wildman–Crippen MR) is 100.0 cm³/mol. The first-order valence-electron chi connectivity index (χ1n) is 8.38. The van der Waals surface area contributed by atoms with Gasteiger partial charge in [0, 0.05) is 23.4 Å². The molecule has 0 bridgehead atoms. The number of thioether (sulfide) groups is 1. The summed E-state index contributed by atoms with van der Waals surface area (Å²) in [5.41, 5.74) is 4.26. The van der Waals surface area contributed by atoms with Gasteiger partial charge in [0.1, 0.15) is 0 Å². The highest BCUT2D eigenvalue weighted by molar-refractivity contribution is 7.99. The van der Waals surface area contributed by atoms with Gasteiger partial charge in [0.05, 0.1) is 22.7 Å². The summed E-state index contributed by atoms with van der Waals surface area (Å²) in [5.74, 6) is 0.955. The number of carbonyl (C=O) groups excluding carboxylic acids is 1. The largest absolute Gasteiger partial charge is 0.345 e. The molecule has 6 heteroatoms. The normalized spacial score (nSPS) is 16.7. The monoisotopic (exact) mass is 352 g/mol. The first-order valence-corrected chi connectivity index (χ1v) is 9.36. The molecule has 1 aromatic carbocycles. The highest BCUT2D eigenvalue weighted by atomic mass is 32.2. The summed E-state index contributed by atoms with van der Waals surface area (Å²) in [4.78, 5) is 18.9. The van der Waals surface area contributed by atoms with E-state index in [0.29, 0.717) is 5.56 Å². The van der Waals surface area contributed by atoms with Crippen molar-refractivity contribution in [3.63, 3.8) is 0 Å². The summed E-state index contributed by atoms with van der Waals surface area (Å²) >= 11 is 1.85. The maximum Gasteiger partial charge on any atom is 0.252 e. The zero-order valence-electron chi connectivity index (χ0n) is 14.5. The van der Waals surface area contributed by atoms with Gasteiger partial charge in [0.25, 0.3) is 5.91 Å². The first kappa shape index (κ1) is 16.1. The number of benzene rings is 1. The molecule has 1 aliphatic rings. The number of amides is 1. The molecule has 0 saturated carbocycles. The quantitative estimate of drug-likeness (QED) is 0.766. The Morgan fingerprint density at radius 1 is 1.32 bits per heavy atom. The number of hydrogen-bond donors (Lipinski definition) is 1. The lowest BCUT2D eigenvalue weighted by molar-refractivity contribution is 0.0936. The zero-order chi connectivity index (χ0) is 17.6. The molecule has 1 aliphatic heterocycles. The van der Waals surface area contributed by atoms with E-state index in [4.69, 9.17) is 0 Å². The fourth-order valence-electron chi connectivity index (χ4n) is 3.48.